The van der Waals surface area contributed by atoms with E-state index in [0.717, 1.165) is 12.8 Å². The van der Waals surface area contributed by atoms with Crippen molar-refractivity contribution in [1.29, 1.82) is 0 Å². The Bertz CT molecular complexity index is 705. The average molecular weight is 328 g/mol. The highest BCUT2D eigenvalue weighted by Crippen LogP contribution is 2.18. The van der Waals surface area contributed by atoms with Crippen LogP contribution >= 0.6 is 0 Å². The number of aromatic carboxylic acids is 1. The molecule has 0 aliphatic carbocycles. The van der Waals surface area contributed by atoms with Gasteiger partial charge in [-0.05, 0) is 37.8 Å². The number of carboxylic acid groups (broad SMARTS) is 1. The monoisotopic (exact) mass is 328 g/mol. The van der Waals surface area contributed by atoms with E-state index < -0.39 is 5.97 Å². The third-order valence-corrected chi connectivity index (χ3v) is 4.07. The van der Waals surface area contributed by atoms with Gasteiger partial charge >= 0.3 is 5.97 Å². The second-order valence-electron chi connectivity index (χ2n) is 5.84. The molecule has 24 heavy (non-hydrogen) atoms. The molecule has 2 rings (SSSR count). The Morgan fingerprint density at radius 3 is 2.54 bits per heavy atom. The molecule has 128 valence electrons. The summed E-state index contributed by atoms with van der Waals surface area (Å²) >= 11 is 0. The highest BCUT2D eigenvalue weighted by molar-refractivity contribution is 5.93. The van der Waals surface area contributed by atoms with Gasteiger partial charge in [-0.3, -0.25) is 4.79 Å². The normalized spacial score (nSPS) is 10.6. The van der Waals surface area contributed by atoms with Gasteiger partial charge in [-0.1, -0.05) is 30.3 Å². The summed E-state index contributed by atoms with van der Waals surface area (Å²) in [6, 6.07) is 10.1. The number of amides is 1. The SMILES string of the molecule is CCn1cc(C)c(C(=O)O)c1CC(=O)NCCCc1ccccc1. The molecule has 0 aliphatic heterocycles. The van der Waals surface area contributed by atoms with Crippen molar-refractivity contribution in [2.45, 2.75) is 39.7 Å². The number of nitrogens with one attached hydrogen (secondary N) is 1. The number of carbonyl (C=O) groups excluding carboxylic acids is 1. The molecule has 2 aromatic rings. The number of carboxylic acids is 1. The van der Waals surface area contributed by atoms with Gasteiger partial charge in [-0.25, -0.2) is 4.79 Å². The fraction of sp³-hybridized carbons (Fsp3) is 0.368. The smallest absolute Gasteiger partial charge is 0.337 e. The van der Waals surface area contributed by atoms with Crippen LogP contribution < -0.4 is 5.32 Å². The Morgan fingerprint density at radius 2 is 1.92 bits per heavy atom. The Balaban J connectivity index is 1.89. The highest BCUT2D eigenvalue weighted by atomic mass is 16.4. The molecule has 1 heterocycles. The van der Waals surface area contributed by atoms with Crippen molar-refractivity contribution in [2.24, 2.45) is 0 Å². The fourth-order valence-electron chi connectivity index (χ4n) is 2.89. The van der Waals surface area contributed by atoms with Crippen molar-refractivity contribution in [3.8, 4) is 0 Å². The third-order valence-electron chi connectivity index (χ3n) is 4.07. The molecule has 1 amide bonds. The van der Waals surface area contributed by atoms with Crippen molar-refractivity contribution >= 4 is 11.9 Å². The number of nitrogens with zero attached hydrogens (tertiary/aromatic N) is 1. The van der Waals surface area contributed by atoms with Crippen LogP contribution in [-0.4, -0.2) is 28.1 Å². The van der Waals surface area contributed by atoms with Gasteiger partial charge in [-0.15, -0.1) is 0 Å². The fourth-order valence-corrected chi connectivity index (χ4v) is 2.89. The maximum Gasteiger partial charge on any atom is 0.337 e. The van der Waals surface area contributed by atoms with Crippen LogP contribution in [0.25, 0.3) is 0 Å². The Kier molecular flexibility index (Phi) is 6.18. The first-order valence-corrected chi connectivity index (χ1v) is 8.25. The topological polar surface area (TPSA) is 71.3 Å². The first kappa shape index (κ1) is 17.8. The lowest BCUT2D eigenvalue weighted by atomic mass is 10.1. The molecule has 0 radical (unpaired) electrons. The van der Waals surface area contributed by atoms with Crippen molar-refractivity contribution in [3.05, 3.63) is 58.9 Å². The lowest BCUT2D eigenvalue weighted by Gasteiger charge is -2.09. The molecule has 0 aliphatic rings. The zero-order valence-electron chi connectivity index (χ0n) is 14.2. The van der Waals surface area contributed by atoms with Crippen LogP contribution in [0.4, 0.5) is 0 Å². The van der Waals surface area contributed by atoms with Gasteiger partial charge in [0, 0.05) is 25.0 Å². The standard InChI is InChI=1S/C19H24N2O3/c1-3-21-13-14(2)18(19(23)24)16(21)12-17(22)20-11-7-10-15-8-5-4-6-9-15/h4-6,8-9,13H,3,7,10-12H2,1-2H3,(H,20,22)(H,23,24). The summed E-state index contributed by atoms with van der Waals surface area (Å²) in [5, 5.41) is 12.2. The van der Waals surface area contributed by atoms with Crippen LogP contribution in [0.15, 0.2) is 36.5 Å². The molecule has 0 spiro atoms. The zero-order valence-corrected chi connectivity index (χ0v) is 14.2. The minimum absolute atomic E-state index is 0.0919. The number of rotatable bonds is 8. The summed E-state index contributed by atoms with van der Waals surface area (Å²) in [6.07, 6.45) is 3.65. The summed E-state index contributed by atoms with van der Waals surface area (Å²) in [7, 11) is 0. The van der Waals surface area contributed by atoms with E-state index in [0.29, 0.717) is 24.3 Å². The van der Waals surface area contributed by atoms with Crippen LogP contribution in [0.1, 0.15) is 40.5 Å². The number of carbonyl (C=O) groups is 2. The summed E-state index contributed by atoms with van der Waals surface area (Å²) in [6.45, 7) is 4.93. The number of hydrogen-bond donors (Lipinski definition) is 2. The van der Waals surface area contributed by atoms with E-state index in [-0.39, 0.29) is 17.9 Å². The van der Waals surface area contributed by atoms with Crippen molar-refractivity contribution in [1.82, 2.24) is 9.88 Å². The molecule has 1 aromatic heterocycles. The van der Waals surface area contributed by atoms with Gasteiger partial charge in [-0.2, -0.15) is 0 Å². The first-order chi connectivity index (χ1) is 11.5. The molecular formula is C19H24N2O3. The lowest BCUT2D eigenvalue weighted by Crippen LogP contribution is -2.28. The lowest BCUT2D eigenvalue weighted by molar-refractivity contribution is -0.120. The second-order valence-corrected chi connectivity index (χ2v) is 5.84. The maximum absolute atomic E-state index is 12.2. The van der Waals surface area contributed by atoms with Crippen LogP contribution in [0, 0.1) is 6.92 Å². The molecule has 0 saturated carbocycles. The minimum Gasteiger partial charge on any atom is -0.478 e. The summed E-state index contributed by atoms with van der Waals surface area (Å²) in [5.41, 5.74) is 2.76. The summed E-state index contributed by atoms with van der Waals surface area (Å²) in [5.74, 6) is -1.12. The Morgan fingerprint density at radius 1 is 1.21 bits per heavy atom. The molecule has 5 heteroatoms. The molecule has 5 nitrogen and oxygen atoms in total. The van der Waals surface area contributed by atoms with E-state index in [2.05, 4.69) is 17.4 Å². The van der Waals surface area contributed by atoms with Gasteiger partial charge in [0.2, 0.25) is 5.91 Å². The first-order valence-electron chi connectivity index (χ1n) is 8.25. The van der Waals surface area contributed by atoms with Crippen LogP contribution in [0.5, 0.6) is 0 Å². The summed E-state index contributed by atoms with van der Waals surface area (Å²) < 4.78 is 1.84. The third kappa shape index (κ3) is 4.47. The Hall–Kier alpha value is -2.56. The van der Waals surface area contributed by atoms with Crippen LogP contribution in [0.2, 0.25) is 0 Å². The summed E-state index contributed by atoms with van der Waals surface area (Å²) in [4.78, 5) is 23.6. The molecular weight excluding hydrogens is 304 g/mol. The molecule has 0 unspecified atom stereocenters. The predicted molar refractivity (Wildman–Crippen MR) is 93.3 cm³/mol. The van der Waals surface area contributed by atoms with E-state index in [1.165, 1.54) is 5.56 Å². The van der Waals surface area contributed by atoms with E-state index in [4.69, 9.17) is 0 Å². The van der Waals surface area contributed by atoms with Gasteiger partial charge < -0.3 is 15.0 Å². The minimum atomic E-state index is -0.980. The van der Waals surface area contributed by atoms with E-state index in [9.17, 15) is 14.7 Å². The van der Waals surface area contributed by atoms with Crippen LogP contribution in [-0.2, 0) is 24.2 Å². The zero-order chi connectivity index (χ0) is 17.5. The van der Waals surface area contributed by atoms with Crippen molar-refractivity contribution in [3.63, 3.8) is 0 Å². The average Bonchev–Trinajstić information content (AvgIpc) is 2.88. The number of benzene rings is 1. The molecule has 0 bridgehead atoms. The highest BCUT2D eigenvalue weighted by Gasteiger charge is 2.20. The number of hydrogen-bond acceptors (Lipinski definition) is 2. The molecule has 0 atom stereocenters. The predicted octanol–water partition coefficient (Wildman–Crippen LogP) is 2.81. The van der Waals surface area contributed by atoms with E-state index in [1.54, 1.807) is 13.1 Å². The van der Waals surface area contributed by atoms with Gasteiger partial charge in [0.1, 0.15) is 0 Å². The van der Waals surface area contributed by atoms with Gasteiger partial charge in [0.15, 0.2) is 0 Å². The molecule has 2 N–H and O–H groups in total. The quantitative estimate of drug-likeness (QED) is 0.732. The second kappa shape index (κ2) is 8.34. The molecule has 0 fully saturated rings. The number of aromatic nitrogens is 1. The molecule has 0 saturated heterocycles. The van der Waals surface area contributed by atoms with Gasteiger partial charge in [0.05, 0.1) is 12.0 Å². The van der Waals surface area contributed by atoms with E-state index in [1.807, 2.05) is 29.7 Å². The van der Waals surface area contributed by atoms with E-state index >= 15 is 0 Å². The maximum atomic E-state index is 12.2. The van der Waals surface area contributed by atoms with Gasteiger partial charge in [0.25, 0.3) is 0 Å². The Labute approximate surface area is 142 Å². The molecule has 1 aromatic carbocycles. The van der Waals surface area contributed by atoms with Crippen molar-refractivity contribution < 1.29 is 14.7 Å². The van der Waals surface area contributed by atoms with Crippen LogP contribution in [0.3, 0.4) is 0 Å². The van der Waals surface area contributed by atoms with Crippen molar-refractivity contribution in [2.75, 3.05) is 6.54 Å². The number of aryl methyl sites for hydroxylation is 3. The largest absolute Gasteiger partial charge is 0.478 e.